The van der Waals surface area contributed by atoms with Crippen LogP contribution in [0, 0.1) is 0 Å². The maximum absolute atomic E-state index is 13.6. The van der Waals surface area contributed by atoms with Crippen LogP contribution in [0.15, 0.2) is 35.1 Å². The fourth-order valence-corrected chi connectivity index (χ4v) is 4.60. The number of benzene rings is 2. The molecule has 6 rings (SSSR count). The zero-order valence-corrected chi connectivity index (χ0v) is 19.8. The highest BCUT2D eigenvalue weighted by Crippen LogP contribution is 2.35. The standard InChI is InChI=1S/C25H26N4O7/c1-15(16-2-3-19-20(10-16)36-14-35-19)26-23(30)13-29-18-12-22-21(33-8-9-34-22)11-17(18)27-24(25(29)31)28-4-6-32-7-5-28/h2-3,10-12,15H,4-9,13-14H2,1H3,(H,26,30)/t15-/m0/s1. The number of carbonyl (C=O) groups excluding carboxylic acids is 1. The molecule has 1 N–H and O–H groups in total. The summed E-state index contributed by atoms with van der Waals surface area (Å²) in [6.45, 7) is 4.85. The number of rotatable bonds is 5. The molecule has 1 fully saturated rings. The van der Waals surface area contributed by atoms with Crippen molar-refractivity contribution in [3.63, 3.8) is 0 Å². The molecule has 0 aliphatic carbocycles. The van der Waals surface area contributed by atoms with Crippen LogP contribution in [0.3, 0.4) is 0 Å². The number of hydrogen-bond donors (Lipinski definition) is 1. The number of fused-ring (bicyclic) bond motifs is 3. The van der Waals surface area contributed by atoms with Crippen molar-refractivity contribution in [3.8, 4) is 23.0 Å². The Morgan fingerprint density at radius 1 is 0.972 bits per heavy atom. The summed E-state index contributed by atoms with van der Waals surface area (Å²) in [6.07, 6.45) is 0. The molecule has 0 spiro atoms. The van der Waals surface area contributed by atoms with Gasteiger partial charge in [-0.25, -0.2) is 4.98 Å². The number of anilines is 1. The van der Waals surface area contributed by atoms with E-state index in [0.29, 0.717) is 79.4 Å². The largest absolute Gasteiger partial charge is 0.486 e. The molecule has 188 valence electrons. The molecule has 0 radical (unpaired) electrons. The monoisotopic (exact) mass is 494 g/mol. The lowest BCUT2D eigenvalue weighted by Crippen LogP contribution is -2.42. The number of morpholine rings is 1. The first-order valence-electron chi connectivity index (χ1n) is 11.9. The van der Waals surface area contributed by atoms with Gasteiger partial charge in [-0.2, -0.15) is 0 Å². The summed E-state index contributed by atoms with van der Waals surface area (Å²) in [4.78, 5) is 33.3. The Balaban J connectivity index is 1.33. The van der Waals surface area contributed by atoms with Gasteiger partial charge in [0.2, 0.25) is 12.7 Å². The number of nitrogens with one attached hydrogen (secondary N) is 1. The first kappa shape index (κ1) is 22.5. The first-order chi connectivity index (χ1) is 17.6. The molecule has 0 unspecified atom stereocenters. The molecule has 3 aromatic rings. The Labute approximate surface area is 206 Å². The number of hydrogen-bond acceptors (Lipinski definition) is 9. The highest BCUT2D eigenvalue weighted by molar-refractivity contribution is 5.84. The summed E-state index contributed by atoms with van der Waals surface area (Å²) in [5, 5.41) is 2.98. The lowest BCUT2D eigenvalue weighted by atomic mass is 10.1. The van der Waals surface area contributed by atoms with Crippen LogP contribution in [0.1, 0.15) is 18.5 Å². The minimum absolute atomic E-state index is 0.177. The van der Waals surface area contributed by atoms with Gasteiger partial charge in [-0.3, -0.25) is 14.2 Å². The van der Waals surface area contributed by atoms with Crippen molar-refractivity contribution in [2.45, 2.75) is 19.5 Å². The van der Waals surface area contributed by atoms with E-state index in [1.807, 2.05) is 30.0 Å². The average Bonchev–Trinajstić information content (AvgIpc) is 3.38. The van der Waals surface area contributed by atoms with Crippen molar-refractivity contribution in [1.82, 2.24) is 14.9 Å². The van der Waals surface area contributed by atoms with Crippen molar-refractivity contribution in [2.24, 2.45) is 0 Å². The van der Waals surface area contributed by atoms with E-state index in [4.69, 9.17) is 23.7 Å². The third-order valence-electron chi connectivity index (χ3n) is 6.48. The Hall–Kier alpha value is -3.99. The topological polar surface area (TPSA) is 113 Å². The third kappa shape index (κ3) is 4.15. The van der Waals surface area contributed by atoms with Gasteiger partial charge >= 0.3 is 0 Å². The molecule has 3 aliphatic heterocycles. The average molecular weight is 495 g/mol. The van der Waals surface area contributed by atoms with Gasteiger partial charge in [0.25, 0.3) is 5.56 Å². The Bertz CT molecular complexity index is 1380. The number of amides is 1. The zero-order valence-electron chi connectivity index (χ0n) is 19.8. The van der Waals surface area contributed by atoms with Crippen LogP contribution in [0.2, 0.25) is 0 Å². The van der Waals surface area contributed by atoms with Gasteiger partial charge in [-0.15, -0.1) is 0 Å². The number of carbonyl (C=O) groups is 1. The molecular weight excluding hydrogens is 468 g/mol. The molecule has 0 saturated carbocycles. The second-order valence-corrected chi connectivity index (χ2v) is 8.81. The van der Waals surface area contributed by atoms with Gasteiger partial charge < -0.3 is 33.9 Å². The van der Waals surface area contributed by atoms with Crippen molar-refractivity contribution in [3.05, 3.63) is 46.2 Å². The van der Waals surface area contributed by atoms with E-state index >= 15 is 0 Å². The molecular formula is C25H26N4O7. The van der Waals surface area contributed by atoms with E-state index in [-0.39, 0.29) is 30.8 Å². The summed E-state index contributed by atoms with van der Waals surface area (Å²) in [5.74, 6) is 2.40. The number of ether oxygens (including phenoxy) is 5. The summed E-state index contributed by atoms with van der Waals surface area (Å²) < 4.78 is 29.1. The van der Waals surface area contributed by atoms with Gasteiger partial charge in [0.05, 0.1) is 30.3 Å². The molecule has 11 nitrogen and oxygen atoms in total. The zero-order chi connectivity index (χ0) is 24.6. The van der Waals surface area contributed by atoms with Crippen LogP contribution in [-0.4, -0.2) is 61.8 Å². The molecule has 3 aliphatic rings. The minimum atomic E-state index is -0.341. The van der Waals surface area contributed by atoms with Crippen molar-refractivity contribution >= 4 is 22.8 Å². The molecule has 1 saturated heterocycles. The molecule has 1 amide bonds. The van der Waals surface area contributed by atoms with E-state index in [1.54, 1.807) is 12.1 Å². The van der Waals surface area contributed by atoms with Crippen LogP contribution in [-0.2, 0) is 16.1 Å². The predicted octanol–water partition coefficient (Wildman–Crippen LogP) is 1.61. The van der Waals surface area contributed by atoms with E-state index < -0.39 is 0 Å². The summed E-state index contributed by atoms with van der Waals surface area (Å²) >= 11 is 0. The third-order valence-corrected chi connectivity index (χ3v) is 6.48. The van der Waals surface area contributed by atoms with Crippen molar-refractivity contribution < 1.29 is 28.5 Å². The first-order valence-corrected chi connectivity index (χ1v) is 11.9. The molecule has 36 heavy (non-hydrogen) atoms. The van der Waals surface area contributed by atoms with Gasteiger partial charge in [-0.05, 0) is 24.6 Å². The van der Waals surface area contributed by atoms with Crippen LogP contribution >= 0.6 is 0 Å². The summed E-state index contributed by atoms with van der Waals surface area (Å²) in [6, 6.07) is 8.72. The van der Waals surface area contributed by atoms with E-state index in [1.165, 1.54) is 4.57 Å². The summed E-state index contributed by atoms with van der Waals surface area (Å²) in [7, 11) is 0. The normalized spacial score (nSPS) is 17.2. The minimum Gasteiger partial charge on any atom is -0.486 e. The quantitative estimate of drug-likeness (QED) is 0.565. The van der Waals surface area contributed by atoms with Crippen LogP contribution < -0.4 is 34.7 Å². The van der Waals surface area contributed by atoms with Crippen molar-refractivity contribution in [1.29, 1.82) is 0 Å². The molecule has 11 heteroatoms. The molecule has 4 heterocycles. The van der Waals surface area contributed by atoms with E-state index in [0.717, 1.165) is 5.56 Å². The second kappa shape index (κ2) is 9.23. The fraction of sp³-hybridized carbons (Fsp3) is 0.400. The number of aromatic nitrogens is 2. The smallest absolute Gasteiger partial charge is 0.294 e. The van der Waals surface area contributed by atoms with Crippen LogP contribution in [0.4, 0.5) is 5.82 Å². The molecule has 0 bridgehead atoms. The fourth-order valence-electron chi connectivity index (χ4n) is 4.60. The number of nitrogens with zero attached hydrogens (tertiary/aromatic N) is 3. The lowest BCUT2D eigenvalue weighted by Gasteiger charge is -2.28. The van der Waals surface area contributed by atoms with Crippen LogP contribution in [0.25, 0.3) is 11.0 Å². The van der Waals surface area contributed by atoms with Gasteiger partial charge in [0.1, 0.15) is 19.8 Å². The van der Waals surface area contributed by atoms with Gasteiger partial charge in [-0.1, -0.05) is 6.07 Å². The SMILES string of the molecule is C[C@H](NC(=O)Cn1c(=O)c(N2CCOCC2)nc2cc3c(cc21)OCCO3)c1ccc2c(c1)OCO2. The highest BCUT2D eigenvalue weighted by Gasteiger charge is 2.24. The molecule has 1 aromatic heterocycles. The van der Waals surface area contributed by atoms with Crippen molar-refractivity contribution in [2.75, 3.05) is 51.2 Å². The maximum atomic E-state index is 13.6. The Morgan fingerprint density at radius 3 is 2.50 bits per heavy atom. The van der Waals surface area contributed by atoms with Crippen LogP contribution in [0.5, 0.6) is 23.0 Å². The van der Waals surface area contributed by atoms with Gasteiger partial charge in [0.15, 0.2) is 28.8 Å². The lowest BCUT2D eigenvalue weighted by molar-refractivity contribution is -0.122. The Kier molecular flexibility index (Phi) is 5.76. The van der Waals surface area contributed by atoms with E-state index in [2.05, 4.69) is 10.3 Å². The molecule has 1 atom stereocenters. The van der Waals surface area contributed by atoms with Gasteiger partial charge in [0, 0.05) is 25.2 Å². The van der Waals surface area contributed by atoms with E-state index in [9.17, 15) is 9.59 Å². The second-order valence-electron chi connectivity index (χ2n) is 8.81. The summed E-state index contributed by atoms with van der Waals surface area (Å²) in [5.41, 5.74) is 1.59. The maximum Gasteiger partial charge on any atom is 0.294 e. The Morgan fingerprint density at radius 2 is 1.69 bits per heavy atom. The predicted molar refractivity (Wildman–Crippen MR) is 129 cm³/mol. The molecule has 2 aromatic carbocycles. The highest BCUT2D eigenvalue weighted by atomic mass is 16.7.